The van der Waals surface area contributed by atoms with E-state index in [0.29, 0.717) is 16.9 Å². The van der Waals surface area contributed by atoms with Crippen LogP contribution in [0.1, 0.15) is 30.1 Å². The summed E-state index contributed by atoms with van der Waals surface area (Å²) in [6.45, 7) is 2.66. The average Bonchev–Trinajstić information content (AvgIpc) is 2.37. The van der Waals surface area contributed by atoms with Gasteiger partial charge in [0.05, 0.1) is 10.0 Å². The zero-order valence-electron chi connectivity index (χ0n) is 10.2. The molecule has 1 unspecified atom stereocenters. The molecule has 1 aromatic carbocycles. The monoisotopic (exact) mass is 379 g/mol. The van der Waals surface area contributed by atoms with Gasteiger partial charge in [-0.3, -0.25) is 4.79 Å². The van der Waals surface area contributed by atoms with Crippen LogP contribution in [-0.2, 0) is 0 Å². The largest absolute Gasteiger partial charge is 0.352 e. The Bertz CT molecular complexity index is 412. The molecule has 0 fully saturated rings. The number of hydrogen-bond donors (Lipinski definition) is 1. The van der Waals surface area contributed by atoms with Crippen molar-refractivity contribution in [1.82, 2.24) is 5.32 Å². The molecule has 1 amide bonds. The molecule has 0 aromatic heterocycles. The Kier molecular flexibility index (Phi) is 6.86. The molecule has 1 rings (SSSR count). The predicted octanol–water partition coefficient (Wildman–Crippen LogP) is 4.13. The van der Waals surface area contributed by atoms with E-state index in [1.807, 2.05) is 0 Å². The minimum atomic E-state index is -0.511. The molecule has 18 heavy (non-hydrogen) atoms. The van der Waals surface area contributed by atoms with Crippen LogP contribution in [0.5, 0.6) is 0 Å². The molecule has 0 radical (unpaired) electrons. The molecule has 1 atom stereocenters. The number of alkyl halides is 1. The van der Waals surface area contributed by atoms with Crippen LogP contribution in [0.2, 0.25) is 0 Å². The van der Waals surface area contributed by atoms with Crippen LogP contribution in [0.4, 0.5) is 4.39 Å². The lowest BCUT2D eigenvalue weighted by Gasteiger charge is -2.14. The van der Waals surface area contributed by atoms with Crippen molar-refractivity contribution in [3.8, 4) is 0 Å². The molecule has 0 saturated carbocycles. The van der Waals surface area contributed by atoms with Crippen LogP contribution in [0.15, 0.2) is 22.7 Å². The van der Waals surface area contributed by atoms with Crippen molar-refractivity contribution in [2.75, 3.05) is 11.9 Å². The van der Waals surface area contributed by atoms with Crippen LogP contribution in [0.25, 0.3) is 0 Å². The van der Waals surface area contributed by atoms with Crippen molar-refractivity contribution in [3.05, 3.63) is 34.1 Å². The van der Waals surface area contributed by atoms with Gasteiger partial charge >= 0.3 is 0 Å². The smallest absolute Gasteiger partial charge is 0.254 e. The van der Waals surface area contributed by atoms with Crippen LogP contribution < -0.4 is 5.32 Å². The highest BCUT2D eigenvalue weighted by atomic mass is 79.9. The predicted molar refractivity (Wildman–Crippen MR) is 78.6 cm³/mol. The number of hydrogen-bond acceptors (Lipinski definition) is 1. The molecule has 2 nitrogen and oxygen atoms in total. The molecular formula is C13H16Br2FNO. The average molecular weight is 381 g/mol. The second kappa shape index (κ2) is 7.89. The maximum absolute atomic E-state index is 13.7. The molecule has 100 valence electrons. The number of amides is 1. The van der Waals surface area contributed by atoms with E-state index in [1.165, 1.54) is 6.07 Å². The summed E-state index contributed by atoms with van der Waals surface area (Å²) >= 11 is 6.46. The summed E-state index contributed by atoms with van der Waals surface area (Å²) in [7, 11) is 0. The molecule has 1 N–H and O–H groups in total. The van der Waals surface area contributed by atoms with Crippen molar-refractivity contribution in [3.63, 3.8) is 0 Å². The Hall–Kier alpha value is -0.420. The van der Waals surface area contributed by atoms with E-state index in [2.05, 4.69) is 44.1 Å². The van der Waals surface area contributed by atoms with Gasteiger partial charge in [-0.2, -0.15) is 0 Å². The minimum Gasteiger partial charge on any atom is -0.352 e. The third kappa shape index (κ3) is 4.35. The molecule has 0 aliphatic rings. The van der Waals surface area contributed by atoms with Gasteiger partial charge in [0.2, 0.25) is 0 Å². The van der Waals surface area contributed by atoms with E-state index < -0.39 is 5.82 Å². The Morgan fingerprint density at radius 2 is 2.22 bits per heavy atom. The lowest BCUT2D eigenvalue weighted by atomic mass is 10.0. The zero-order valence-corrected chi connectivity index (χ0v) is 13.4. The third-order valence-corrected chi connectivity index (χ3v) is 3.91. The van der Waals surface area contributed by atoms with E-state index in [4.69, 9.17) is 0 Å². The fourth-order valence-electron chi connectivity index (χ4n) is 1.62. The highest BCUT2D eigenvalue weighted by Gasteiger charge is 2.14. The summed E-state index contributed by atoms with van der Waals surface area (Å²) in [5.41, 5.74) is 0.0815. The molecule has 0 aliphatic carbocycles. The lowest BCUT2D eigenvalue weighted by molar-refractivity contribution is 0.0942. The summed E-state index contributed by atoms with van der Waals surface area (Å²) in [6, 6.07) is 4.71. The lowest BCUT2D eigenvalue weighted by Crippen LogP contribution is -2.30. The molecule has 0 spiro atoms. The maximum atomic E-state index is 13.7. The first-order valence-electron chi connectivity index (χ1n) is 5.88. The maximum Gasteiger partial charge on any atom is 0.254 e. The highest BCUT2D eigenvalue weighted by Crippen LogP contribution is 2.18. The van der Waals surface area contributed by atoms with Gasteiger partial charge < -0.3 is 5.32 Å². The fraction of sp³-hybridized carbons (Fsp3) is 0.462. The van der Waals surface area contributed by atoms with Gasteiger partial charge in [-0.15, -0.1) is 0 Å². The van der Waals surface area contributed by atoms with Gasteiger partial charge in [0.25, 0.3) is 5.91 Å². The molecule has 0 aliphatic heterocycles. The fourth-order valence-corrected chi connectivity index (χ4v) is 2.63. The molecule has 1 aromatic rings. The number of nitrogens with one attached hydrogen (secondary N) is 1. The van der Waals surface area contributed by atoms with Gasteiger partial charge in [0, 0.05) is 11.9 Å². The normalized spacial score (nSPS) is 12.2. The second-order valence-electron chi connectivity index (χ2n) is 4.06. The van der Waals surface area contributed by atoms with Crippen molar-refractivity contribution in [2.45, 2.75) is 19.8 Å². The second-order valence-corrected chi connectivity index (χ2v) is 5.71. The standard InChI is InChI=1S/C13H16Br2FNO/c1-2-9(6-7-14)8-17-13(18)10-4-3-5-11(15)12(10)16/h3-5,9H,2,6-8H2,1H3,(H,17,18). The number of benzene rings is 1. The Morgan fingerprint density at radius 1 is 1.50 bits per heavy atom. The zero-order chi connectivity index (χ0) is 13.5. The number of carbonyl (C=O) groups is 1. The third-order valence-electron chi connectivity index (χ3n) is 2.84. The van der Waals surface area contributed by atoms with E-state index in [-0.39, 0.29) is 11.5 Å². The van der Waals surface area contributed by atoms with Gasteiger partial charge in [0.15, 0.2) is 0 Å². The Balaban J connectivity index is 2.62. The first-order valence-corrected chi connectivity index (χ1v) is 7.79. The van der Waals surface area contributed by atoms with Crippen LogP contribution >= 0.6 is 31.9 Å². The Labute approximate surface area is 124 Å². The number of rotatable bonds is 6. The summed E-state index contributed by atoms with van der Waals surface area (Å²) < 4.78 is 14.0. The molecule has 0 bridgehead atoms. The van der Waals surface area contributed by atoms with Crippen molar-refractivity contribution >= 4 is 37.8 Å². The van der Waals surface area contributed by atoms with Crippen molar-refractivity contribution < 1.29 is 9.18 Å². The molecule has 0 heterocycles. The topological polar surface area (TPSA) is 29.1 Å². The van der Waals surface area contributed by atoms with Gasteiger partial charge in [0.1, 0.15) is 5.82 Å². The molecule has 0 saturated heterocycles. The number of carbonyl (C=O) groups excluding carboxylic acids is 1. The van der Waals surface area contributed by atoms with E-state index in [0.717, 1.165) is 18.2 Å². The van der Waals surface area contributed by atoms with E-state index >= 15 is 0 Å². The summed E-state index contributed by atoms with van der Waals surface area (Å²) in [6.07, 6.45) is 1.99. The SMILES string of the molecule is CCC(CCBr)CNC(=O)c1cccc(Br)c1F. The minimum absolute atomic E-state index is 0.0815. The summed E-state index contributed by atoms with van der Waals surface area (Å²) in [5.74, 6) is -0.450. The van der Waals surface area contributed by atoms with Crippen LogP contribution in [0.3, 0.4) is 0 Å². The van der Waals surface area contributed by atoms with Crippen molar-refractivity contribution in [2.24, 2.45) is 5.92 Å². The molecular weight excluding hydrogens is 365 g/mol. The molecule has 5 heteroatoms. The first kappa shape index (κ1) is 15.6. The van der Waals surface area contributed by atoms with Crippen LogP contribution in [0, 0.1) is 11.7 Å². The van der Waals surface area contributed by atoms with Crippen LogP contribution in [-0.4, -0.2) is 17.8 Å². The van der Waals surface area contributed by atoms with Crippen molar-refractivity contribution in [1.29, 1.82) is 0 Å². The quantitative estimate of drug-likeness (QED) is 0.738. The van der Waals surface area contributed by atoms with Gasteiger partial charge in [-0.1, -0.05) is 35.3 Å². The van der Waals surface area contributed by atoms with Gasteiger partial charge in [-0.05, 0) is 40.4 Å². The Morgan fingerprint density at radius 3 is 2.83 bits per heavy atom. The number of halogens is 3. The van der Waals surface area contributed by atoms with Gasteiger partial charge in [-0.25, -0.2) is 4.39 Å². The van der Waals surface area contributed by atoms with E-state index in [9.17, 15) is 9.18 Å². The summed E-state index contributed by atoms with van der Waals surface area (Å²) in [4.78, 5) is 11.9. The highest BCUT2D eigenvalue weighted by molar-refractivity contribution is 9.10. The van der Waals surface area contributed by atoms with E-state index in [1.54, 1.807) is 12.1 Å². The summed E-state index contributed by atoms with van der Waals surface area (Å²) in [5, 5.41) is 3.69. The first-order chi connectivity index (χ1) is 8.60.